The second-order valence-corrected chi connectivity index (χ2v) is 6.25. The molecule has 1 heterocycles. The van der Waals surface area contributed by atoms with Crippen LogP contribution in [0.4, 0.5) is 0 Å². The van der Waals surface area contributed by atoms with E-state index in [0.29, 0.717) is 4.75 Å². The molecule has 1 saturated heterocycles. The Bertz CT molecular complexity index is 325. The number of nitrogens with two attached hydrogens (primary N) is 1. The van der Waals surface area contributed by atoms with E-state index in [0.717, 1.165) is 19.4 Å². The van der Waals surface area contributed by atoms with Gasteiger partial charge in [-0.15, -0.1) is 0 Å². The maximum Gasteiger partial charge on any atom is 0.0322 e. The highest BCUT2D eigenvalue weighted by Crippen LogP contribution is 2.39. The third-order valence-corrected chi connectivity index (χ3v) is 5.13. The van der Waals surface area contributed by atoms with Crippen molar-refractivity contribution in [3.05, 3.63) is 35.4 Å². The number of aryl methyl sites for hydroxylation is 1. The molecule has 1 aliphatic heterocycles. The van der Waals surface area contributed by atoms with E-state index in [1.807, 2.05) is 0 Å². The minimum Gasteiger partial charge on any atom is -0.329 e. The number of hydrogen-bond acceptors (Lipinski definition) is 2. The number of rotatable bonds is 4. The van der Waals surface area contributed by atoms with Gasteiger partial charge < -0.3 is 5.73 Å². The normalized spacial score (nSPS) is 24.9. The summed E-state index contributed by atoms with van der Waals surface area (Å²) in [6, 6.07) is 9.04. The molecule has 0 spiro atoms. The Kier molecular flexibility index (Phi) is 3.93. The lowest BCUT2D eigenvalue weighted by Gasteiger charge is -2.26. The molecule has 1 atom stereocenters. The van der Waals surface area contributed by atoms with Gasteiger partial charge in [0.1, 0.15) is 0 Å². The van der Waals surface area contributed by atoms with Crippen LogP contribution in [-0.2, 0) is 12.8 Å². The van der Waals surface area contributed by atoms with E-state index >= 15 is 0 Å². The lowest BCUT2D eigenvalue weighted by atomic mass is 9.94. The van der Waals surface area contributed by atoms with Crippen LogP contribution < -0.4 is 5.73 Å². The first-order valence-electron chi connectivity index (χ1n) is 6.20. The van der Waals surface area contributed by atoms with Crippen LogP contribution in [0.3, 0.4) is 0 Å². The summed E-state index contributed by atoms with van der Waals surface area (Å²) in [4.78, 5) is 0. The lowest BCUT2D eigenvalue weighted by molar-refractivity contribution is 0.565. The molecule has 1 aliphatic rings. The Balaban J connectivity index is 2.07. The molecule has 1 aromatic rings. The summed E-state index contributed by atoms with van der Waals surface area (Å²) in [6.07, 6.45) is 4.87. The summed E-state index contributed by atoms with van der Waals surface area (Å²) < 4.78 is 0.327. The van der Waals surface area contributed by atoms with Crippen molar-refractivity contribution in [1.82, 2.24) is 0 Å². The fourth-order valence-corrected chi connectivity index (χ4v) is 3.79. The second kappa shape index (κ2) is 5.24. The van der Waals surface area contributed by atoms with Gasteiger partial charge in [0.05, 0.1) is 0 Å². The molecule has 2 N–H and O–H groups in total. The highest BCUT2D eigenvalue weighted by Gasteiger charge is 2.33. The summed E-state index contributed by atoms with van der Waals surface area (Å²) >= 11 is 2.07. The smallest absolute Gasteiger partial charge is 0.0322 e. The molecule has 0 amide bonds. The van der Waals surface area contributed by atoms with E-state index in [9.17, 15) is 0 Å². The van der Waals surface area contributed by atoms with Crippen molar-refractivity contribution in [1.29, 1.82) is 0 Å². The van der Waals surface area contributed by atoms with Crippen molar-refractivity contribution in [3.63, 3.8) is 0 Å². The standard InChI is InChI=1S/C14H21NS/c1-2-12-4-6-13(7-5-12)10-14(11-15)8-3-9-16-14/h4-7H,2-3,8-11,15H2,1H3. The molecule has 2 rings (SSSR count). The molecule has 1 aromatic carbocycles. The monoisotopic (exact) mass is 235 g/mol. The van der Waals surface area contributed by atoms with Crippen LogP contribution in [0.15, 0.2) is 24.3 Å². The van der Waals surface area contributed by atoms with Crippen molar-refractivity contribution >= 4 is 11.8 Å². The van der Waals surface area contributed by atoms with Crippen LogP contribution in [0.25, 0.3) is 0 Å². The first-order chi connectivity index (χ1) is 7.78. The molecule has 2 heteroatoms. The SMILES string of the molecule is CCc1ccc(CC2(CN)CCCS2)cc1. The second-order valence-electron chi connectivity index (χ2n) is 4.69. The molecule has 1 fully saturated rings. The van der Waals surface area contributed by atoms with Crippen molar-refractivity contribution in [2.75, 3.05) is 12.3 Å². The average molecular weight is 235 g/mol. The van der Waals surface area contributed by atoms with Crippen LogP contribution in [-0.4, -0.2) is 17.0 Å². The molecular weight excluding hydrogens is 214 g/mol. The van der Waals surface area contributed by atoms with Gasteiger partial charge in [-0.25, -0.2) is 0 Å². The Hall–Kier alpha value is -0.470. The van der Waals surface area contributed by atoms with Crippen molar-refractivity contribution in [3.8, 4) is 0 Å². The minimum absolute atomic E-state index is 0.327. The van der Waals surface area contributed by atoms with Crippen LogP contribution in [0.1, 0.15) is 30.9 Å². The van der Waals surface area contributed by atoms with Crippen molar-refractivity contribution in [2.24, 2.45) is 5.73 Å². The molecule has 0 aliphatic carbocycles. The number of thioether (sulfide) groups is 1. The molecule has 0 saturated carbocycles. The maximum atomic E-state index is 5.95. The molecule has 1 nitrogen and oxygen atoms in total. The first-order valence-corrected chi connectivity index (χ1v) is 7.18. The van der Waals surface area contributed by atoms with Crippen LogP contribution >= 0.6 is 11.8 Å². The van der Waals surface area contributed by atoms with Crippen LogP contribution in [0.5, 0.6) is 0 Å². The van der Waals surface area contributed by atoms with Crippen LogP contribution in [0, 0.1) is 0 Å². The zero-order valence-corrected chi connectivity index (χ0v) is 10.9. The summed E-state index contributed by atoms with van der Waals surface area (Å²) in [5.41, 5.74) is 8.81. The molecule has 0 bridgehead atoms. The summed E-state index contributed by atoms with van der Waals surface area (Å²) in [5.74, 6) is 1.28. The number of hydrogen-bond donors (Lipinski definition) is 1. The van der Waals surface area contributed by atoms with Gasteiger partial charge in [-0.2, -0.15) is 11.8 Å². The molecular formula is C14H21NS. The van der Waals surface area contributed by atoms with Gasteiger partial charge in [0.15, 0.2) is 0 Å². The highest BCUT2D eigenvalue weighted by atomic mass is 32.2. The Morgan fingerprint density at radius 1 is 1.25 bits per heavy atom. The van der Waals surface area contributed by atoms with E-state index in [-0.39, 0.29) is 0 Å². The minimum atomic E-state index is 0.327. The predicted octanol–water partition coefficient (Wildman–Crippen LogP) is 3.02. The zero-order chi connectivity index (χ0) is 11.4. The fraction of sp³-hybridized carbons (Fsp3) is 0.571. The zero-order valence-electron chi connectivity index (χ0n) is 10.0. The summed E-state index contributed by atoms with van der Waals surface area (Å²) in [6.45, 7) is 3.01. The third-order valence-electron chi connectivity index (χ3n) is 3.51. The first kappa shape index (κ1) is 12.0. The largest absolute Gasteiger partial charge is 0.329 e. The molecule has 88 valence electrons. The van der Waals surface area contributed by atoms with Gasteiger partial charge in [0, 0.05) is 11.3 Å². The van der Waals surface area contributed by atoms with Gasteiger partial charge in [-0.3, -0.25) is 0 Å². The van der Waals surface area contributed by atoms with Gasteiger partial charge in [-0.05, 0) is 42.6 Å². The molecule has 0 aromatic heterocycles. The predicted molar refractivity (Wildman–Crippen MR) is 73.0 cm³/mol. The highest BCUT2D eigenvalue weighted by molar-refractivity contribution is 8.00. The van der Waals surface area contributed by atoms with E-state index < -0.39 is 0 Å². The number of benzene rings is 1. The van der Waals surface area contributed by atoms with Gasteiger partial charge in [-0.1, -0.05) is 31.2 Å². The lowest BCUT2D eigenvalue weighted by Crippen LogP contribution is -2.34. The van der Waals surface area contributed by atoms with Crippen LogP contribution in [0.2, 0.25) is 0 Å². The summed E-state index contributed by atoms with van der Waals surface area (Å²) in [5, 5.41) is 0. The topological polar surface area (TPSA) is 26.0 Å². The maximum absolute atomic E-state index is 5.95. The van der Waals surface area contributed by atoms with E-state index in [1.54, 1.807) is 0 Å². The van der Waals surface area contributed by atoms with E-state index in [2.05, 4.69) is 43.0 Å². The van der Waals surface area contributed by atoms with Crippen molar-refractivity contribution < 1.29 is 0 Å². The molecule has 0 radical (unpaired) electrons. The van der Waals surface area contributed by atoms with Gasteiger partial charge in [0.25, 0.3) is 0 Å². The van der Waals surface area contributed by atoms with Crippen molar-refractivity contribution in [2.45, 2.75) is 37.4 Å². The summed E-state index contributed by atoms with van der Waals surface area (Å²) in [7, 11) is 0. The molecule has 1 unspecified atom stereocenters. The Morgan fingerprint density at radius 3 is 2.44 bits per heavy atom. The quantitative estimate of drug-likeness (QED) is 0.868. The van der Waals surface area contributed by atoms with E-state index in [4.69, 9.17) is 5.73 Å². The van der Waals surface area contributed by atoms with Gasteiger partial charge in [0.2, 0.25) is 0 Å². The average Bonchev–Trinajstić information content (AvgIpc) is 2.79. The van der Waals surface area contributed by atoms with Gasteiger partial charge >= 0.3 is 0 Å². The Morgan fingerprint density at radius 2 is 1.94 bits per heavy atom. The third kappa shape index (κ3) is 2.61. The molecule has 16 heavy (non-hydrogen) atoms. The van der Waals surface area contributed by atoms with E-state index in [1.165, 1.54) is 29.7 Å². The fourth-order valence-electron chi connectivity index (χ4n) is 2.39. The Labute approximate surface area is 103 Å².